The molecule has 2 fully saturated rings. The summed E-state index contributed by atoms with van der Waals surface area (Å²) in [7, 11) is 0. The lowest BCUT2D eigenvalue weighted by Gasteiger charge is -2.29. The van der Waals surface area contributed by atoms with Crippen molar-refractivity contribution in [2.45, 2.75) is 39.2 Å². The fraction of sp³-hybridized carbons (Fsp3) is 0.588. The van der Waals surface area contributed by atoms with Crippen molar-refractivity contribution < 1.29 is 4.79 Å². The van der Waals surface area contributed by atoms with Gasteiger partial charge in [-0.15, -0.1) is 0 Å². The molecule has 1 amide bonds. The van der Waals surface area contributed by atoms with E-state index in [9.17, 15) is 4.79 Å². The molecule has 3 unspecified atom stereocenters. The maximum Gasteiger partial charge on any atom is 0.254 e. The topological polar surface area (TPSA) is 46.3 Å². The van der Waals surface area contributed by atoms with Crippen LogP contribution in [0.3, 0.4) is 0 Å². The van der Waals surface area contributed by atoms with Crippen molar-refractivity contribution in [1.29, 1.82) is 0 Å². The van der Waals surface area contributed by atoms with Crippen molar-refractivity contribution in [3.05, 3.63) is 34.9 Å². The molecule has 1 aliphatic carbocycles. The molecule has 1 heterocycles. The van der Waals surface area contributed by atoms with Gasteiger partial charge >= 0.3 is 0 Å². The number of fused-ring (bicyclic) bond motifs is 1. The van der Waals surface area contributed by atoms with E-state index in [4.69, 9.17) is 5.73 Å². The Labute approximate surface area is 121 Å². The van der Waals surface area contributed by atoms with Gasteiger partial charge in [-0.3, -0.25) is 4.79 Å². The zero-order chi connectivity index (χ0) is 14.3. The van der Waals surface area contributed by atoms with Crippen LogP contribution in [-0.2, 0) is 0 Å². The van der Waals surface area contributed by atoms with E-state index in [1.54, 1.807) is 0 Å². The summed E-state index contributed by atoms with van der Waals surface area (Å²) in [6.45, 7) is 5.84. The molecule has 0 spiro atoms. The summed E-state index contributed by atoms with van der Waals surface area (Å²) in [5, 5.41) is 0. The quantitative estimate of drug-likeness (QED) is 0.854. The van der Waals surface area contributed by atoms with E-state index >= 15 is 0 Å². The lowest BCUT2D eigenvalue weighted by molar-refractivity contribution is 0.0782. The minimum Gasteiger partial charge on any atom is -0.338 e. The molecule has 108 valence electrons. The second-order valence-corrected chi connectivity index (χ2v) is 6.48. The average molecular weight is 272 g/mol. The van der Waals surface area contributed by atoms with Crippen molar-refractivity contribution in [3.8, 4) is 0 Å². The van der Waals surface area contributed by atoms with Crippen LogP contribution in [0.1, 0.15) is 40.7 Å². The summed E-state index contributed by atoms with van der Waals surface area (Å²) in [5.74, 6) is 1.32. The number of carbonyl (C=O) groups excluding carboxylic acids is 1. The van der Waals surface area contributed by atoms with Crippen LogP contribution in [0.25, 0.3) is 0 Å². The molecule has 3 rings (SSSR count). The minimum atomic E-state index is 0.188. The van der Waals surface area contributed by atoms with Gasteiger partial charge in [-0.2, -0.15) is 0 Å². The van der Waals surface area contributed by atoms with Crippen LogP contribution in [0.4, 0.5) is 0 Å². The molecule has 20 heavy (non-hydrogen) atoms. The van der Waals surface area contributed by atoms with Gasteiger partial charge < -0.3 is 10.6 Å². The average Bonchev–Trinajstić information content (AvgIpc) is 2.87. The molecule has 1 aromatic carbocycles. The van der Waals surface area contributed by atoms with Crippen molar-refractivity contribution in [1.82, 2.24) is 4.90 Å². The maximum absolute atomic E-state index is 12.8. The van der Waals surface area contributed by atoms with Gasteiger partial charge in [0.2, 0.25) is 0 Å². The summed E-state index contributed by atoms with van der Waals surface area (Å²) in [6.07, 6.45) is 3.56. The van der Waals surface area contributed by atoms with Crippen LogP contribution in [0.15, 0.2) is 18.2 Å². The molecule has 3 heteroatoms. The Kier molecular flexibility index (Phi) is 3.55. The van der Waals surface area contributed by atoms with E-state index in [1.807, 2.05) is 24.0 Å². The van der Waals surface area contributed by atoms with Crippen molar-refractivity contribution >= 4 is 5.91 Å². The van der Waals surface area contributed by atoms with Crippen LogP contribution >= 0.6 is 0 Å². The fourth-order valence-electron chi connectivity index (χ4n) is 3.84. The van der Waals surface area contributed by atoms with Crippen LogP contribution in [-0.4, -0.2) is 29.9 Å². The number of nitrogens with two attached hydrogens (primary N) is 1. The van der Waals surface area contributed by atoms with Gasteiger partial charge in [-0.25, -0.2) is 0 Å². The molecule has 3 atom stereocenters. The van der Waals surface area contributed by atoms with Crippen LogP contribution in [0.5, 0.6) is 0 Å². The van der Waals surface area contributed by atoms with E-state index in [2.05, 4.69) is 13.0 Å². The third-order valence-corrected chi connectivity index (χ3v) is 5.28. The number of likely N-dealkylation sites (tertiary alicyclic amines) is 1. The Morgan fingerprint density at radius 3 is 2.80 bits per heavy atom. The maximum atomic E-state index is 12.8. The van der Waals surface area contributed by atoms with E-state index in [-0.39, 0.29) is 11.9 Å². The lowest BCUT2D eigenvalue weighted by Crippen LogP contribution is -2.38. The smallest absolute Gasteiger partial charge is 0.254 e. The number of hydrogen-bond acceptors (Lipinski definition) is 2. The molecule has 3 nitrogen and oxygen atoms in total. The molecule has 2 N–H and O–H groups in total. The molecule has 2 aliphatic rings. The molecule has 0 bridgehead atoms. The van der Waals surface area contributed by atoms with Gasteiger partial charge in [0.15, 0.2) is 0 Å². The van der Waals surface area contributed by atoms with Gasteiger partial charge in [0, 0.05) is 24.7 Å². The zero-order valence-electron chi connectivity index (χ0n) is 12.4. The van der Waals surface area contributed by atoms with Crippen molar-refractivity contribution in [3.63, 3.8) is 0 Å². The number of benzene rings is 1. The molecule has 1 aliphatic heterocycles. The molecule has 1 saturated heterocycles. The van der Waals surface area contributed by atoms with Gasteiger partial charge in [0.05, 0.1) is 0 Å². The standard InChI is InChI=1S/C17H24N2O/c1-11-5-3-7-14(12(11)2)17(20)19-9-13-6-4-8-16(18)15(13)10-19/h3,5,7,13,15-16H,4,6,8-10,18H2,1-2H3. The minimum absolute atomic E-state index is 0.188. The van der Waals surface area contributed by atoms with Gasteiger partial charge in [-0.05, 0) is 55.7 Å². The fourth-order valence-corrected chi connectivity index (χ4v) is 3.84. The number of aryl methyl sites for hydroxylation is 1. The molecule has 1 saturated carbocycles. The second-order valence-electron chi connectivity index (χ2n) is 6.48. The SMILES string of the molecule is Cc1cccc(C(=O)N2CC3CCCC(N)C3C2)c1C. The Hall–Kier alpha value is -1.35. The highest BCUT2D eigenvalue weighted by molar-refractivity contribution is 5.96. The molecular formula is C17H24N2O. The molecule has 1 aromatic rings. The monoisotopic (exact) mass is 272 g/mol. The predicted octanol–water partition coefficient (Wildman–Crippen LogP) is 2.50. The predicted molar refractivity (Wildman–Crippen MR) is 80.6 cm³/mol. The largest absolute Gasteiger partial charge is 0.338 e. The summed E-state index contributed by atoms with van der Waals surface area (Å²) in [6, 6.07) is 6.27. The van der Waals surface area contributed by atoms with Gasteiger partial charge in [-0.1, -0.05) is 18.6 Å². The zero-order valence-corrected chi connectivity index (χ0v) is 12.4. The molecular weight excluding hydrogens is 248 g/mol. The first kappa shape index (κ1) is 13.6. The Morgan fingerprint density at radius 1 is 1.25 bits per heavy atom. The third-order valence-electron chi connectivity index (χ3n) is 5.28. The number of carbonyl (C=O) groups is 1. The molecule has 0 aromatic heterocycles. The van der Waals surface area contributed by atoms with E-state index in [1.165, 1.54) is 18.4 Å². The Morgan fingerprint density at radius 2 is 2.05 bits per heavy atom. The van der Waals surface area contributed by atoms with Crippen molar-refractivity contribution in [2.75, 3.05) is 13.1 Å². The van der Waals surface area contributed by atoms with Gasteiger partial charge in [0.1, 0.15) is 0 Å². The van der Waals surface area contributed by atoms with Crippen LogP contribution in [0.2, 0.25) is 0 Å². The summed E-state index contributed by atoms with van der Waals surface area (Å²) < 4.78 is 0. The first-order chi connectivity index (χ1) is 9.58. The number of hydrogen-bond donors (Lipinski definition) is 1. The first-order valence-electron chi connectivity index (χ1n) is 7.69. The summed E-state index contributed by atoms with van der Waals surface area (Å²) in [5.41, 5.74) is 9.39. The van der Waals surface area contributed by atoms with Crippen molar-refractivity contribution in [2.24, 2.45) is 17.6 Å². The third kappa shape index (κ3) is 2.24. The first-order valence-corrected chi connectivity index (χ1v) is 7.69. The number of nitrogens with zero attached hydrogens (tertiary/aromatic N) is 1. The summed E-state index contributed by atoms with van der Waals surface area (Å²) >= 11 is 0. The normalized spacial score (nSPS) is 29.4. The van der Waals surface area contributed by atoms with E-state index in [0.29, 0.717) is 11.8 Å². The van der Waals surface area contributed by atoms with Crippen LogP contribution < -0.4 is 5.73 Å². The van der Waals surface area contributed by atoms with Crippen LogP contribution in [0, 0.1) is 25.7 Å². The number of rotatable bonds is 1. The molecule has 0 radical (unpaired) electrons. The van der Waals surface area contributed by atoms with E-state index < -0.39 is 0 Å². The second kappa shape index (κ2) is 5.21. The highest BCUT2D eigenvalue weighted by atomic mass is 16.2. The Balaban J connectivity index is 1.80. The summed E-state index contributed by atoms with van der Waals surface area (Å²) in [4.78, 5) is 14.8. The van der Waals surface area contributed by atoms with Gasteiger partial charge in [0.25, 0.3) is 5.91 Å². The van der Waals surface area contributed by atoms with E-state index in [0.717, 1.165) is 30.6 Å². The highest BCUT2D eigenvalue weighted by Gasteiger charge is 2.40. The number of amides is 1. The lowest BCUT2D eigenvalue weighted by atomic mass is 9.78. The highest BCUT2D eigenvalue weighted by Crippen LogP contribution is 2.36. The Bertz CT molecular complexity index is 526.